The first-order valence-electron chi connectivity index (χ1n) is 8.63. The molecule has 0 unspecified atom stereocenters. The van der Waals surface area contributed by atoms with Crippen LogP contribution in [0.5, 0.6) is 0 Å². The highest BCUT2D eigenvalue weighted by Crippen LogP contribution is 2.24. The number of hydrogen-bond acceptors (Lipinski definition) is 2. The van der Waals surface area contributed by atoms with Gasteiger partial charge in [0.2, 0.25) is 0 Å². The molecule has 0 amide bonds. The summed E-state index contributed by atoms with van der Waals surface area (Å²) in [6.45, 7) is 1.71. The number of benzene rings is 2. The van der Waals surface area contributed by atoms with Crippen molar-refractivity contribution in [3.8, 4) is 0 Å². The van der Waals surface area contributed by atoms with Crippen molar-refractivity contribution in [2.24, 2.45) is 0 Å². The van der Waals surface area contributed by atoms with Gasteiger partial charge in [0.05, 0.1) is 0 Å². The molecule has 25 heavy (non-hydrogen) atoms. The van der Waals surface area contributed by atoms with Gasteiger partial charge in [-0.2, -0.15) is 0 Å². The van der Waals surface area contributed by atoms with Crippen LogP contribution in [0.3, 0.4) is 0 Å². The zero-order chi connectivity index (χ0) is 16.9. The van der Waals surface area contributed by atoms with Crippen LogP contribution >= 0.6 is 0 Å². The van der Waals surface area contributed by atoms with Gasteiger partial charge in [0.25, 0.3) is 0 Å². The minimum atomic E-state index is 0.339. The second-order valence-corrected chi connectivity index (χ2v) is 6.22. The normalized spacial score (nSPS) is 11.2. The highest BCUT2D eigenvalue weighted by Gasteiger charge is 2.13. The number of aromatic nitrogens is 2. The molecule has 2 heterocycles. The number of H-pyrrole nitrogens is 1. The molecule has 4 aromatic rings. The van der Waals surface area contributed by atoms with Crippen molar-refractivity contribution in [1.82, 2.24) is 15.3 Å². The minimum Gasteiger partial charge on any atom is -0.346 e. The van der Waals surface area contributed by atoms with Gasteiger partial charge in [0, 0.05) is 36.8 Å². The van der Waals surface area contributed by atoms with Gasteiger partial charge >= 0.3 is 0 Å². The first-order chi connectivity index (χ1) is 12.4. The Kier molecular flexibility index (Phi) is 4.57. The van der Waals surface area contributed by atoms with Crippen LogP contribution in [0, 0.1) is 0 Å². The maximum atomic E-state index is 4.36. The van der Waals surface area contributed by atoms with E-state index in [0.29, 0.717) is 5.92 Å². The van der Waals surface area contributed by atoms with Crippen LogP contribution in [0.1, 0.15) is 22.6 Å². The molecule has 0 aliphatic heterocycles. The van der Waals surface area contributed by atoms with E-state index in [-0.39, 0.29) is 0 Å². The molecule has 0 aliphatic carbocycles. The molecular weight excluding hydrogens is 306 g/mol. The minimum absolute atomic E-state index is 0.339. The average molecular weight is 327 g/mol. The molecule has 0 saturated carbocycles. The summed E-state index contributed by atoms with van der Waals surface area (Å²) in [7, 11) is 0. The van der Waals surface area contributed by atoms with E-state index in [1.807, 2.05) is 18.5 Å². The number of hydrogen-bond donors (Lipinski definition) is 2. The lowest BCUT2D eigenvalue weighted by atomic mass is 9.91. The van der Waals surface area contributed by atoms with E-state index in [2.05, 4.69) is 82.0 Å². The van der Waals surface area contributed by atoms with Crippen LogP contribution in [0.25, 0.3) is 11.0 Å². The van der Waals surface area contributed by atoms with Crippen molar-refractivity contribution in [3.05, 3.63) is 102 Å². The van der Waals surface area contributed by atoms with E-state index in [0.717, 1.165) is 18.7 Å². The maximum absolute atomic E-state index is 4.36. The first kappa shape index (κ1) is 15.6. The molecule has 0 radical (unpaired) electrons. The summed E-state index contributed by atoms with van der Waals surface area (Å²) in [6, 6.07) is 25.5. The number of fused-ring (bicyclic) bond motifs is 1. The fraction of sp³-hybridized carbons (Fsp3) is 0.136. The fourth-order valence-corrected chi connectivity index (χ4v) is 3.31. The predicted octanol–water partition coefficient (Wildman–Crippen LogP) is 4.48. The molecule has 124 valence electrons. The van der Waals surface area contributed by atoms with Crippen LogP contribution in [-0.4, -0.2) is 16.5 Å². The molecule has 0 fully saturated rings. The molecule has 3 heteroatoms. The van der Waals surface area contributed by atoms with E-state index in [1.165, 1.54) is 22.1 Å². The molecule has 0 aliphatic rings. The molecule has 2 aromatic carbocycles. The summed E-state index contributed by atoms with van der Waals surface area (Å²) >= 11 is 0. The van der Waals surface area contributed by atoms with Crippen molar-refractivity contribution < 1.29 is 0 Å². The molecule has 0 spiro atoms. The number of rotatable bonds is 6. The van der Waals surface area contributed by atoms with Gasteiger partial charge in [-0.05, 0) is 28.8 Å². The molecule has 4 rings (SSSR count). The van der Waals surface area contributed by atoms with Gasteiger partial charge in [0.1, 0.15) is 5.65 Å². The first-order valence-corrected chi connectivity index (χ1v) is 8.63. The van der Waals surface area contributed by atoms with E-state index >= 15 is 0 Å². The van der Waals surface area contributed by atoms with Gasteiger partial charge in [0.15, 0.2) is 0 Å². The van der Waals surface area contributed by atoms with Crippen LogP contribution in [-0.2, 0) is 6.54 Å². The van der Waals surface area contributed by atoms with E-state index in [4.69, 9.17) is 0 Å². The Morgan fingerprint density at radius 1 is 0.840 bits per heavy atom. The zero-order valence-electron chi connectivity index (χ0n) is 14.0. The SMILES string of the molecule is c1ccc(C(CNCc2c[nH]c3ncccc23)c2ccccc2)cc1. The molecule has 2 N–H and O–H groups in total. The Morgan fingerprint density at radius 2 is 1.52 bits per heavy atom. The van der Waals surface area contributed by atoms with E-state index in [9.17, 15) is 0 Å². The molecule has 2 aromatic heterocycles. The van der Waals surface area contributed by atoms with E-state index < -0.39 is 0 Å². The molecule has 3 nitrogen and oxygen atoms in total. The second kappa shape index (κ2) is 7.32. The molecule has 0 saturated heterocycles. The summed E-state index contributed by atoms with van der Waals surface area (Å²) in [5.41, 5.74) is 4.87. The number of nitrogens with zero attached hydrogens (tertiary/aromatic N) is 1. The van der Waals surface area contributed by atoms with E-state index in [1.54, 1.807) is 0 Å². The van der Waals surface area contributed by atoms with Gasteiger partial charge in [-0.25, -0.2) is 4.98 Å². The smallest absolute Gasteiger partial charge is 0.137 e. The number of pyridine rings is 1. The number of aromatic amines is 1. The quantitative estimate of drug-likeness (QED) is 0.548. The summed E-state index contributed by atoms with van der Waals surface area (Å²) in [4.78, 5) is 7.60. The molecule has 0 atom stereocenters. The largest absolute Gasteiger partial charge is 0.346 e. The Hall–Kier alpha value is -2.91. The van der Waals surface area contributed by atoms with Crippen LogP contribution in [0.4, 0.5) is 0 Å². The van der Waals surface area contributed by atoms with Crippen LogP contribution in [0.15, 0.2) is 85.2 Å². The van der Waals surface area contributed by atoms with Crippen molar-refractivity contribution in [3.63, 3.8) is 0 Å². The highest BCUT2D eigenvalue weighted by molar-refractivity contribution is 5.79. The highest BCUT2D eigenvalue weighted by atomic mass is 14.9. The summed E-state index contributed by atoms with van der Waals surface area (Å²) < 4.78 is 0. The standard InChI is InChI=1S/C22H21N3/c1-3-8-17(9-4-1)21(18-10-5-2-6-11-18)16-23-14-19-15-25-22-20(19)12-7-13-24-22/h1-13,15,21,23H,14,16H2,(H,24,25). The number of nitrogens with one attached hydrogen (secondary N) is 2. The molecule has 0 bridgehead atoms. The van der Waals surface area contributed by atoms with Crippen molar-refractivity contribution in [2.45, 2.75) is 12.5 Å². The Morgan fingerprint density at radius 3 is 2.20 bits per heavy atom. The van der Waals surface area contributed by atoms with Gasteiger partial charge in [-0.3, -0.25) is 0 Å². The molecular formula is C22H21N3. The zero-order valence-corrected chi connectivity index (χ0v) is 14.0. The predicted molar refractivity (Wildman–Crippen MR) is 103 cm³/mol. The van der Waals surface area contributed by atoms with Crippen LogP contribution in [0.2, 0.25) is 0 Å². The Balaban J connectivity index is 1.51. The lowest BCUT2D eigenvalue weighted by molar-refractivity contribution is 0.638. The summed E-state index contributed by atoms with van der Waals surface area (Å²) in [6.07, 6.45) is 3.86. The summed E-state index contributed by atoms with van der Waals surface area (Å²) in [5, 5.41) is 4.82. The average Bonchev–Trinajstić information content (AvgIpc) is 3.10. The maximum Gasteiger partial charge on any atom is 0.137 e. The monoisotopic (exact) mass is 327 g/mol. The fourth-order valence-electron chi connectivity index (χ4n) is 3.31. The third kappa shape index (κ3) is 3.47. The van der Waals surface area contributed by atoms with Crippen molar-refractivity contribution in [2.75, 3.05) is 6.54 Å². The van der Waals surface area contributed by atoms with Gasteiger partial charge in [-0.15, -0.1) is 0 Å². The van der Waals surface area contributed by atoms with Gasteiger partial charge < -0.3 is 10.3 Å². The third-order valence-corrected chi connectivity index (χ3v) is 4.60. The van der Waals surface area contributed by atoms with Gasteiger partial charge in [-0.1, -0.05) is 60.7 Å². The summed E-state index contributed by atoms with van der Waals surface area (Å²) in [5.74, 6) is 0.339. The van der Waals surface area contributed by atoms with Crippen molar-refractivity contribution in [1.29, 1.82) is 0 Å². The Labute approximate surface area is 147 Å². The van der Waals surface area contributed by atoms with Crippen LogP contribution < -0.4 is 5.32 Å². The lowest BCUT2D eigenvalue weighted by Gasteiger charge is -2.19. The third-order valence-electron chi connectivity index (χ3n) is 4.60. The lowest BCUT2D eigenvalue weighted by Crippen LogP contribution is -2.22. The second-order valence-electron chi connectivity index (χ2n) is 6.22. The van der Waals surface area contributed by atoms with Crippen molar-refractivity contribution >= 4 is 11.0 Å². The Bertz CT molecular complexity index is 890. The topological polar surface area (TPSA) is 40.7 Å².